The van der Waals surface area contributed by atoms with Gasteiger partial charge in [0.25, 0.3) is 0 Å². The molecule has 18 heteroatoms. The zero-order valence-corrected chi connectivity index (χ0v) is 40.9. The van der Waals surface area contributed by atoms with Crippen LogP contribution in [0.4, 0.5) is 0 Å². The molecular weight excluding hydrogens is 882 g/mol. The van der Waals surface area contributed by atoms with Crippen LogP contribution in [0, 0.1) is 0 Å². The fraction of sp³-hybridized carbons (Fsp3) is 0.766. The summed E-state index contributed by atoms with van der Waals surface area (Å²) in [5.74, 6) is -0.324. The maximum Gasteiger partial charge on any atom is 0.472 e. The molecule has 0 spiro atoms. The molecule has 0 saturated heterocycles. The topological polar surface area (TPSA) is 248 Å². The van der Waals surface area contributed by atoms with Crippen molar-refractivity contribution in [1.29, 1.82) is 0 Å². The Morgan fingerprint density at radius 2 is 0.969 bits per heavy atom. The van der Waals surface area contributed by atoms with Gasteiger partial charge < -0.3 is 44.7 Å². The number of aliphatic hydroxyl groups is 4. The van der Waals surface area contributed by atoms with Gasteiger partial charge in [-0.1, -0.05) is 172 Å². The van der Waals surface area contributed by atoms with Crippen LogP contribution in [0.25, 0.3) is 0 Å². The molecule has 8 atom stereocenters. The molecule has 1 aliphatic carbocycles. The first-order valence-corrected chi connectivity index (χ1v) is 27.0. The summed E-state index contributed by atoms with van der Waals surface area (Å²) in [6, 6.07) is 0. The Hall–Kier alpha value is -2.01. The van der Waals surface area contributed by atoms with Crippen molar-refractivity contribution in [1.82, 2.24) is 0 Å². The highest BCUT2D eigenvalue weighted by atomic mass is 31.2. The minimum atomic E-state index is -5.30. The molecule has 1 rings (SSSR count). The fourth-order valence-corrected chi connectivity index (χ4v) is 8.48. The van der Waals surface area contributed by atoms with E-state index < -0.39 is 77.6 Å². The third-order valence-electron chi connectivity index (χ3n) is 10.7. The number of carbonyl (C=O) groups excluding carboxylic acids is 1. The molecule has 1 saturated carbocycles. The molecule has 0 amide bonds. The molecule has 0 radical (unpaired) electrons. The SMILES string of the molecule is C=C(CCC=CCC=CCC=CCC=CCCCCC)OOC(COC(=O)CCCCCCCCCCCCCCCCC)COP(=O)(O)OC1[C@H](O)[C@H](O)C(OP(=O)(O)O)[C@H](O)[C@H]1O. The van der Waals surface area contributed by atoms with E-state index in [1.165, 1.54) is 89.9 Å². The van der Waals surface area contributed by atoms with Gasteiger partial charge in [-0.3, -0.25) is 18.4 Å². The number of allylic oxidation sites excluding steroid dienone is 9. The molecule has 1 fully saturated rings. The van der Waals surface area contributed by atoms with Gasteiger partial charge in [0.05, 0.1) is 6.61 Å². The van der Waals surface area contributed by atoms with Gasteiger partial charge in [-0.2, -0.15) is 4.89 Å². The van der Waals surface area contributed by atoms with E-state index in [0.717, 1.165) is 44.9 Å². The quantitative estimate of drug-likeness (QED) is 0.00573. The summed E-state index contributed by atoms with van der Waals surface area (Å²) in [6.07, 6.45) is 28.4. The van der Waals surface area contributed by atoms with Crippen LogP contribution in [0.1, 0.15) is 174 Å². The molecule has 0 bridgehead atoms. The zero-order chi connectivity index (χ0) is 48.2. The summed E-state index contributed by atoms with van der Waals surface area (Å²) in [4.78, 5) is 52.0. The predicted molar refractivity (Wildman–Crippen MR) is 251 cm³/mol. The average Bonchev–Trinajstić information content (AvgIpc) is 3.26. The molecule has 4 unspecified atom stereocenters. The van der Waals surface area contributed by atoms with Gasteiger partial charge in [0.2, 0.25) is 0 Å². The van der Waals surface area contributed by atoms with E-state index in [2.05, 4.69) is 61.4 Å². The second kappa shape index (κ2) is 37.9. The number of phosphoric acid groups is 2. The van der Waals surface area contributed by atoms with E-state index in [9.17, 15) is 39.2 Å². The second-order valence-electron chi connectivity index (χ2n) is 16.7. The molecule has 1 aliphatic rings. The van der Waals surface area contributed by atoms with Gasteiger partial charge in [0, 0.05) is 12.8 Å². The number of ether oxygens (including phenoxy) is 1. The summed E-state index contributed by atoms with van der Waals surface area (Å²) < 4.78 is 43.8. The van der Waals surface area contributed by atoms with Gasteiger partial charge in [0.1, 0.15) is 49.0 Å². The highest BCUT2D eigenvalue weighted by Crippen LogP contribution is 2.48. The number of hydrogen-bond acceptors (Lipinski definition) is 13. The smallest absolute Gasteiger partial charge is 0.463 e. The van der Waals surface area contributed by atoms with E-state index >= 15 is 0 Å². The Labute approximate surface area is 389 Å². The first-order chi connectivity index (χ1) is 31.1. The summed E-state index contributed by atoms with van der Waals surface area (Å²) in [6.45, 7) is 7.02. The molecule has 0 aromatic rings. The van der Waals surface area contributed by atoms with Gasteiger partial charge in [0.15, 0.2) is 6.10 Å². The molecule has 0 aliphatic heterocycles. The Morgan fingerprint density at radius 1 is 0.554 bits per heavy atom. The van der Waals surface area contributed by atoms with Crippen LogP contribution in [0.3, 0.4) is 0 Å². The van der Waals surface area contributed by atoms with Crippen molar-refractivity contribution in [2.75, 3.05) is 13.2 Å². The van der Waals surface area contributed by atoms with Crippen molar-refractivity contribution < 1.29 is 77.1 Å². The molecule has 16 nitrogen and oxygen atoms in total. The van der Waals surface area contributed by atoms with Crippen molar-refractivity contribution in [3.05, 3.63) is 60.9 Å². The van der Waals surface area contributed by atoms with E-state index in [1.54, 1.807) is 0 Å². The number of hydrogen-bond donors (Lipinski definition) is 7. The minimum absolute atomic E-state index is 0.144. The van der Waals surface area contributed by atoms with Crippen LogP contribution in [0.5, 0.6) is 0 Å². The molecule has 65 heavy (non-hydrogen) atoms. The fourth-order valence-electron chi connectivity index (χ4n) is 6.94. The molecular formula is C47H84O16P2. The Bertz CT molecular complexity index is 1430. The zero-order valence-electron chi connectivity index (χ0n) is 39.2. The maximum atomic E-state index is 13.0. The Morgan fingerprint density at radius 3 is 1.45 bits per heavy atom. The second-order valence-corrected chi connectivity index (χ2v) is 19.3. The van der Waals surface area contributed by atoms with Gasteiger partial charge in [-0.05, 0) is 44.9 Å². The van der Waals surface area contributed by atoms with Gasteiger partial charge in [-0.25, -0.2) is 9.13 Å². The van der Waals surface area contributed by atoms with Crippen molar-refractivity contribution in [2.45, 2.75) is 217 Å². The minimum Gasteiger partial charge on any atom is -0.463 e. The number of carbonyl (C=O) groups is 1. The molecule has 0 heterocycles. The highest BCUT2D eigenvalue weighted by molar-refractivity contribution is 7.47. The van der Waals surface area contributed by atoms with Crippen LogP contribution >= 0.6 is 15.6 Å². The lowest BCUT2D eigenvalue weighted by Gasteiger charge is -2.43. The monoisotopic (exact) mass is 967 g/mol. The van der Waals surface area contributed by atoms with Crippen LogP contribution in [0.15, 0.2) is 60.9 Å². The number of esters is 1. The lowest BCUT2D eigenvalue weighted by atomic mass is 9.85. The summed E-state index contributed by atoms with van der Waals surface area (Å²) in [5, 5.41) is 41.5. The third-order valence-corrected chi connectivity index (χ3v) is 12.3. The largest absolute Gasteiger partial charge is 0.472 e. The number of aliphatic hydroxyl groups excluding tert-OH is 4. The number of phosphoric ester groups is 2. The van der Waals surface area contributed by atoms with Crippen molar-refractivity contribution in [2.24, 2.45) is 0 Å². The van der Waals surface area contributed by atoms with E-state index in [-0.39, 0.29) is 12.2 Å². The average molecular weight is 967 g/mol. The lowest BCUT2D eigenvalue weighted by molar-refractivity contribution is -0.306. The van der Waals surface area contributed by atoms with E-state index in [1.807, 2.05) is 12.2 Å². The van der Waals surface area contributed by atoms with Gasteiger partial charge in [-0.15, -0.1) is 0 Å². The standard InChI is InChI=1S/C47H84O16P2/c1-4-6-8-10-12-14-16-18-20-22-23-25-27-29-31-33-35-39(3)60-61-40(37-58-41(48)36-34-32-30-28-26-24-21-19-17-15-13-11-9-7-5-2)38-59-65(56,57)63-47-44(51)42(49)46(43(50)45(47)52)62-64(53,54)55/h12,14,18,20,23,25,29,31,40,42-47,49-52H,3-11,13,15-17,19,21-22,24,26-28,30,32-38H2,1-2H3,(H,56,57)(H2,53,54,55)/t40?,42-,43+,44-,45-,46?,47?/m1/s1. The van der Waals surface area contributed by atoms with Crippen LogP contribution in [-0.2, 0) is 42.0 Å². The normalized spacial score (nSPS) is 22.0. The Balaban J connectivity index is 2.60. The number of unbranched alkanes of at least 4 members (excludes halogenated alkanes) is 17. The summed E-state index contributed by atoms with van der Waals surface area (Å²) >= 11 is 0. The molecule has 0 aromatic heterocycles. The first-order valence-electron chi connectivity index (χ1n) is 24.0. The van der Waals surface area contributed by atoms with Crippen LogP contribution in [0.2, 0.25) is 0 Å². The maximum absolute atomic E-state index is 13.0. The Kier molecular flexibility index (Phi) is 35.6. The van der Waals surface area contributed by atoms with Crippen molar-refractivity contribution in [3.8, 4) is 0 Å². The predicted octanol–water partition coefficient (Wildman–Crippen LogP) is 9.81. The van der Waals surface area contributed by atoms with Crippen LogP contribution in [-0.4, -0.2) is 97.0 Å². The highest BCUT2D eigenvalue weighted by Gasteiger charge is 2.54. The summed E-state index contributed by atoms with van der Waals surface area (Å²) in [5.41, 5.74) is 0. The van der Waals surface area contributed by atoms with E-state index in [0.29, 0.717) is 19.3 Å². The van der Waals surface area contributed by atoms with Crippen LogP contribution < -0.4 is 0 Å². The van der Waals surface area contributed by atoms with E-state index in [4.69, 9.17) is 33.3 Å². The molecule has 0 aromatic carbocycles. The van der Waals surface area contributed by atoms with Crippen molar-refractivity contribution in [3.63, 3.8) is 0 Å². The lowest BCUT2D eigenvalue weighted by Crippen LogP contribution is -2.64. The van der Waals surface area contributed by atoms with Gasteiger partial charge >= 0.3 is 21.6 Å². The first kappa shape index (κ1) is 61.0. The molecule has 7 N–H and O–H groups in total. The van der Waals surface area contributed by atoms with Crippen molar-refractivity contribution >= 4 is 21.6 Å². The third kappa shape index (κ3) is 32.4. The summed E-state index contributed by atoms with van der Waals surface area (Å²) in [7, 11) is -10.6. The number of rotatable bonds is 41. The molecule has 378 valence electrons.